The summed E-state index contributed by atoms with van der Waals surface area (Å²) in [7, 11) is 1.63. The van der Waals surface area contributed by atoms with E-state index in [0.29, 0.717) is 5.02 Å². The van der Waals surface area contributed by atoms with Gasteiger partial charge in [0.25, 0.3) is 0 Å². The first kappa shape index (κ1) is 16.8. The molecule has 4 heteroatoms. The molecule has 0 radical (unpaired) electrons. The van der Waals surface area contributed by atoms with Crippen molar-refractivity contribution in [3.05, 3.63) is 64.7 Å². The summed E-state index contributed by atoms with van der Waals surface area (Å²) in [5.74, 6) is 0.730. The van der Waals surface area contributed by atoms with Gasteiger partial charge < -0.3 is 10.1 Å². The Labute approximate surface area is 148 Å². The van der Waals surface area contributed by atoms with Crippen molar-refractivity contribution in [1.82, 2.24) is 5.32 Å². The van der Waals surface area contributed by atoms with Gasteiger partial charge in [-0.2, -0.15) is 0 Å². The first-order valence-corrected chi connectivity index (χ1v) is 8.49. The summed E-state index contributed by atoms with van der Waals surface area (Å²) in [5, 5.41) is 3.96. The van der Waals surface area contributed by atoms with Gasteiger partial charge in [0.05, 0.1) is 18.1 Å². The normalized spacial score (nSPS) is 15.7. The lowest BCUT2D eigenvalue weighted by atomic mass is 9.82. The molecule has 126 valence electrons. The highest BCUT2D eigenvalue weighted by molar-refractivity contribution is 6.30. The number of rotatable bonds is 5. The van der Waals surface area contributed by atoms with E-state index in [1.807, 2.05) is 62.4 Å². The van der Waals surface area contributed by atoms with E-state index in [9.17, 15) is 4.79 Å². The van der Waals surface area contributed by atoms with Crippen molar-refractivity contribution >= 4 is 17.5 Å². The van der Waals surface area contributed by atoms with Gasteiger partial charge in [0, 0.05) is 10.6 Å². The molecule has 1 aliphatic rings. The molecule has 0 spiro atoms. The number of methoxy groups -OCH3 is 1. The van der Waals surface area contributed by atoms with Crippen LogP contribution in [0.2, 0.25) is 5.02 Å². The van der Waals surface area contributed by atoms with Crippen LogP contribution in [0.15, 0.2) is 48.5 Å². The number of para-hydroxylation sites is 1. The van der Waals surface area contributed by atoms with Gasteiger partial charge in [-0.25, -0.2) is 0 Å². The van der Waals surface area contributed by atoms with E-state index < -0.39 is 5.41 Å². The Kier molecular flexibility index (Phi) is 4.31. The molecule has 1 saturated carbocycles. The molecule has 0 aliphatic heterocycles. The molecular formula is C20H22ClNO2. The van der Waals surface area contributed by atoms with Crippen LogP contribution >= 0.6 is 11.6 Å². The maximum Gasteiger partial charge on any atom is 0.230 e. The fourth-order valence-corrected chi connectivity index (χ4v) is 3.16. The fourth-order valence-electron chi connectivity index (χ4n) is 3.04. The lowest BCUT2D eigenvalue weighted by Crippen LogP contribution is -2.45. The molecule has 0 heterocycles. The van der Waals surface area contributed by atoms with Crippen LogP contribution in [0.25, 0.3) is 0 Å². The molecule has 24 heavy (non-hydrogen) atoms. The summed E-state index contributed by atoms with van der Waals surface area (Å²) in [4.78, 5) is 13.0. The summed E-state index contributed by atoms with van der Waals surface area (Å²) in [5.41, 5.74) is 1.04. The molecule has 3 rings (SSSR count). The lowest BCUT2D eigenvalue weighted by molar-refractivity contribution is -0.126. The largest absolute Gasteiger partial charge is 0.496 e. The second-order valence-corrected chi connectivity index (χ2v) is 7.30. The Bertz CT molecular complexity index is 748. The van der Waals surface area contributed by atoms with Crippen LogP contribution in [-0.4, -0.2) is 13.0 Å². The van der Waals surface area contributed by atoms with Crippen LogP contribution in [0.3, 0.4) is 0 Å². The Balaban J connectivity index is 1.85. The van der Waals surface area contributed by atoms with Crippen molar-refractivity contribution in [2.24, 2.45) is 0 Å². The number of nitrogens with one attached hydrogen (secondary N) is 1. The smallest absolute Gasteiger partial charge is 0.230 e. The van der Waals surface area contributed by atoms with Crippen LogP contribution < -0.4 is 10.1 Å². The third-order valence-electron chi connectivity index (χ3n) is 4.85. The zero-order valence-corrected chi connectivity index (χ0v) is 15.0. The van der Waals surface area contributed by atoms with Crippen LogP contribution in [0, 0.1) is 0 Å². The maximum atomic E-state index is 13.0. The van der Waals surface area contributed by atoms with Gasteiger partial charge in [0.2, 0.25) is 5.91 Å². The third-order valence-corrected chi connectivity index (χ3v) is 5.10. The summed E-state index contributed by atoms with van der Waals surface area (Å²) >= 11 is 5.97. The summed E-state index contributed by atoms with van der Waals surface area (Å²) in [6.07, 6.45) is 1.89. The number of ether oxygens (including phenoxy) is 1. The van der Waals surface area contributed by atoms with Crippen molar-refractivity contribution < 1.29 is 9.53 Å². The number of carbonyl (C=O) groups is 1. The fraction of sp³-hybridized carbons (Fsp3) is 0.350. The Hall–Kier alpha value is -2.00. The second-order valence-electron chi connectivity index (χ2n) is 6.87. The number of amides is 1. The van der Waals surface area contributed by atoms with Gasteiger partial charge in [-0.05, 0) is 50.5 Å². The zero-order valence-electron chi connectivity index (χ0n) is 14.2. The first-order chi connectivity index (χ1) is 11.4. The summed E-state index contributed by atoms with van der Waals surface area (Å²) < 4.78 is 5.43. The van der Waals surface area contributed by atoms with Crippen LogP contribution in [0.5, 0.6) is 5.75 Å². The van der Waals surface area contributed by atoms with Crippen LogP contribution in [-0.2, 0) is 15.7 Å². The average Bonchev–Trinajstić information content (AvgIpc) is 3.36. The van der Waals surface area contributed by atoms with Gasteiger partial charge in [-0.3, -0.25) is 4.79 Å². The summed E-state index contributed by atoms with van der Waals surface area (Å²) in [6, 6.07) is 15.4. The van der Waals surface area contributed by atoms with Crippen molar-refractivity contribution in [3.63, 3.8) is 0 Å². The van der Waals surface area contributed by atoms with Gasteiger partial charge in [0.1, 0.15) is 5.75 Å². The standard InChI is InChI=1S/C20H22ClNO2/c1-19(2,16-6-4-5-7-17(16)24-3)18(23)22-20(12-13-20)14-8-10-15(21)11-9-14/h4-11H,12-13H2,1-3H3,(H,22,23). The second kappa shape index (κ2) is 6.14. The predicted octanol–water partition coefficient (Wildman–Crippen LogP) is 4.43. The van der Waals surface area contributed by atoms with E-state index in [2.05, 4.69) is 5.32 Å². The number of hydrogen-bond acceptors (Lipinski definition) is 2. The maximum absolute atomic E-state index is 13.0. The molecule has 1 amide bonds. The molecule has 1 N–H and O–H groups in total. The zero-order chi connectivity index (χ0) is 17.4. The number of halogens is 1. The first-order valence-electron chi connectivity index (χ1n) is 8.11. The third kappa shape index (κ3) is 3.01. The van der Waals surface area contributed by atoms with Crippen LogP contribution in [0.4, 0.5) is 0 Å². The minimum absolute atomic E-state index is 0.000509. The number of benzene rings is 2. The highest BCUT2D eigenvalue weighted by Gasteiger charge is 2.48. The molecule has 0 bridgehead atoms. The van der Waals surface area contributed by atoms with E-state index in [0.717, 1.165) is 29.7 Å². The highest BCUT2D eigenvalue weighted by atomic mass is 35.5. The van der Waals surface area contributed by atoms with Gasteiger partial charge in [0.15, 0.2) is 0 Å². The Morgan fingerprint density at radius 3 is 2.33 bits per heavy atom. The Morgan fingerprint density at radius 1 is 1.12 bits per heavy atom. The molecule has 0 saturated heterocycles. The van der Waals surface area contributed by atoms with Crippen molar-refractivity contribution in [2.45, 2.75) is 37.6 Å². The van der Waals surface area contributed by atoms with Gasteiger partial charge in [-0.1, -0.05) is 41.9 Å². The van der Waals surface area contributed by atoms with Gasteiger partial charge in [-0.15, -0.1) is 0 Å². The minimum atomic E-state index is -0.686. The average molecular weight is 344 g/mol. The molecule has 0 aromatic heterocycles. The van der Waals surface area contributed by atoms with Crippen molar-refractivity contribution in [1.29, 1.82) is 0 Å². The molecule has 0 atom stereocenters. The van der Waals surface area contributed by atoms with E-state index >= 15 is 0 Å². The van der Waals surface area contributed by atoms with Crippen molar-refractivity contribution in [2.75, 3.05) is 7.11 Å². The SMILES string of the molecule is COc1ccccc1C(C)(C)C(=O)NC1(c2ccc(Cl)cc2)CC1. The number of carbonyl (C=O) groups excluding carboxylic acids is 1. The Morgan fingerprint density at radius 2 is 1.75 bits per heavy atom. The van der Waals surface area contributed by atoms with E-state index in [-0.39, 0.29) is 11.4 Å². The molecule has 0 unspecified atom stereocenters. The molecule has 2 aromatic carbocycles. The molecule has 1 aliphatic carbocycles. The van der Waals surface area contributed by atoms with Crippen molar-refractivity contribution in [3.8, 4) is 5.75 Å². The van der Waals surface area contributed by atoms with E-state index in [1.54, 1.807) is 7.11 Å². The van der Waals surface area contributed by atoms with E-state index in [4.69, 9.17) is 16.3 Å². The molecular weight excluding hydrogens is 322 g/mol. The molecule has 3 nitrogen and oxygen atoms in total. The molecule has 2 aromatic rings. The summed E-state index contributed by atoms with van der Waals surface area (Å²) in [6.45, 7) is 3.86. The van der Waals surface area contributed by atoms with Gasteiger partial charge >= 0.3 is 0 Å². The minimum Gasteiger partial charge on any atom is -0.496 e. The quantitative estimate of drug-likeness (QED) is 0.872. The lowest BCUT2D eigenvalue weighted by Gasteiger charge is -2.29. The van der Waals surface area contributed by atoms with E-state index in [1.165, 1.54) is 0 Å². The van der Waals surface area contributed by atoms with Crippen LogP contribution in [0.1, 0.15) is 37.8 Å². The molecule has 1 fully saturated rings. The highest BCUT2D eigenvalue weighted by Crippen LogP contribution is 2.46. The topological polar surface area (TPSA) is 38.3 Å². The predicted molar refractivity (Wildman–Crippen MR) is 96.5 cm³/mol. The number of hydrogen-bond donors (Lipinski definition) is 1. The monoisotopic (exact) mass is 343 g/mol.